The molecule has 0 bridgehead atoms. The smallest absolute Gasteiger partial charge is 0.487 e. The van der Waals surface area contributed by atoms with Crippen LogP contribution in [0.15, 0.2) is 94.6 Å². The number of aliphatic hydroxyl groups excluding tert-OH is 1. The van der Waals surface area contributed by atoms with E-state index in [1.807, 2.05) is 18.3 Å². The fourth-order valence-electron chi connectivity index (χ4n) is 13.3. The molecule has 0 unspecified atom stereocenters. The van der Waals surface area contributed by atoms with Gasteiger partial charge in [0.2, 0.25) is 5.91 Å². The number of nitrogens with one attached hydrogen (secondary N) is 2. The van der Waals surface area contributed by atoms with Crippen LogP contribution in [0.25, 0.3) is 5.57 Å². The summed E-state index contributed by atoms with van der Waals surface area (Å²) in [5, 5.41) is 37.2. The molecular formula is C68H98BF2N11O16. The minimum atomic E-state index is -2.69. The number of aliphatic hydroxyl groups is 1. The lowest BCUT2D eigenvalue weighted by atomic mass is 9.52. The Morgan fingerprint density at radius 2 is 1.21 bits per heavy atom. The van der Waals surface area contributed by atoms with E-state index in [0.717, 1.165) is 59.7 Å². The van der Waals surface area contributed by atoms with Crippen LogP contribution in [-0.4, -0.2) is 235 Å². The summed E-state index contributed by atoms with van der Waals surface area (Å²) in [5.74, 6) is 2.95. The topological polar surface area (TPSA) is 289 Å². The summed E-state index contributed by atoms with van der Waals surface area (Å²) < 4.78 is 99.1. The van der Waals surface area contributed by atoms with Crippen molar-refractivity contribution in [3.05, 3.63) is 107 Å². The summed E-state index contributed by atoms with van der Waals surface area (Å²) in [5.41, 5.74) is 6.16. The molecule has 4 aromatic rings. The summed E-state index contributed by atoms with van der Waals surface area (Å²) in [6.07, 6.45) is 21.2. The molecule has 27 nitrogen and oxygen atoms in total. The van der Waals surface area contributed by atoms with Crippen LogP contribution in [0.4, 0.5) is 8.63 Å². The number of oxime groups is 1. The molecule has 4 heterocycles. The van der Waals surface area contributed by atoms with E-state index in [2.05, 4.69) is 54.4 Å². The quantitative estimate of drug-likeness (QED) is 0.0270. The summed E-state index contributed by atoms with van der Waals surface area (Å²) in [6, 6.07) is 10.4. The number of nitrogens with zero attached hydrogens (tertiary/aromatic N) is 9. The molecule has 1 aromatic carbocycles. The minimum Gasteiger partial charge on any atom is -0.487 e. The van der Waals surface area contributed by atoms with Gasteiger partial charge in [0, 0.05) is 37.0 Å². The zero-order valence-electron chi connectivity index (χ0n) is 56.5. The van der Waals surface area contributed by atoms with Crippen LogP contribution in [0, 0.1) is 29.1 Å². The molecule has 6 atom stereocenters. The van der Waals surface area contributed by atoms with Crippen LogP contribution in [0.5, 0.6) is 5.75 Å². The molecule has 3 aromatic heterocycles. The van der Waals surface area contributed by atoms with Crippen molar-refractivity contribution in [2.75, 3.05) is 158 Å². The number of hydrogen-bond acceptors (Lipinski definition) is 22. The number of halogens is 2. The van der Waals surface area contributed by atoms with Crippen LogP contribution < -0.4 is 15.4 Å². The van der Waals surface area contributed by atoms with Gasteiger partial charge < -0.3 is 81.9 Å². The Kier molecular flexibility index (Phi) is 32.7. The van der Waals surface area contributed by atoms with Crippen LogP contribution >= 0.6 is 0 Å². The molecule has 0 radical (unpaired) electrons. The summed E-state index contributed by atoms with van der Waals surface area (Å²) >= 11 is 0. The third-order valence-corrected chi connectivity index (χ3v) is 18.2. The molecule has 3 N–H and O–H groups in total. The van der Waals surface area contributed by atoms with Crippen molar-refractivity contribution in [2.24, 2.45) is 39.2 Å². The summed E-state index contributed by atoms with van der Waals surface area (Å²) in [7, 11) is -2.69. The van der Waals surface area contributed by atoms with E-state index in [1.54, 1.807) is 58.2 Å². The van der Waals surface area contributed by atoms with E-state index in [4.69, 9.17) is 61.7 Å². The first kappa shape index (κ1) is 75.5. The van der Waals surface area contributed by atoms with Crippen molar-refractivity contribution in [3.63, 3.8) is 0 Å². The molecule has 30 heteroatoms. The van der Waals surface area contributed by atoms with Gasteiger partial charge in [-0.2, -0.15) is 0 Å². The fraction of sp³-hybridized carbons (Fsp3) is 0.647. The van der Waals surface area contributed by atoms with Gasteiger partial charge in [-0.3, -0.25) is 23.2 Å². The maximum absolute atomic E-state index is 13.7. The molecule has 0 spiro atoms. The Bertz CT molecular complexity index is 3140. The van der Waals surface area contributed by atoms with Crippen LogP contribution in [0.1, 0.15) is 87.4 Å². The number of allylic oxidation sites excluding steroid dienone is 4. The first-order valence-electron chi connectivity index (χ1n) is 34.5. The zero-order chi connectivity index (χ0) is 68.3. The first-order chi connectivity index (χ1) is 48.1. The van der Waals surface area contributed by atoms with E-state index in [0.29, 0.717) is 211 Å². The molecule has 0 saturated heterocycles. The SMILES string of the molecule is C[C@]12CC[C@H]3[C@@H](CCC4=C/C(=N\OCC(=O)NCCOCCOCCOCCn5cc(COCCOCCOCCOCCNC(=O)CCOCCOCCOCCOCCn6cc(COc7ccc(/C(=C8/C=CC=N8)c8cccn8B(F)F)cc7)nn6)nn5)CC[C@@H]43)[C@@H]1CC[C@@H]2O. The Hall–Kier alpha value is -6.68. The van der Waals surface area contributed by atoms with Gasteiger partial charge >= 0.3 is 7.40 Å². The van der Waals surface area contributed by atoms with Crippen molar-refractivity contribution >= 4 is 36.7 Å². The van der Waals surface area contributed by atoms with E-state index in [-0.39, 0.29) is 49.6 Å². The average molecular weight is 1370 g/mol. The average Bonchev–Trinajstić information content (AvgIpc) is 1.43. The lowest BCUT2D eigenvalue weighted by Crippen LogP contribution is -2.47. The number of fused-ring (bicyclic) bond motifs is 5. The highest BCUT2D eigenvalue weighted by atomic mass is 19.2. The van der Waals surface area contributed by atoms with Gasteiger partial charge in [-0.05, 0) is 135 Å². The number of amides is 2. The standard InChI is InChI=1S/C68H98BF2N11O16/c1-68-18-16-59-58-13-9-54(46-53(58)8-12-60(59)61(68)14-15-64(68)83)77-98-51-66(85)74-21-27-88-32-36-92-38-33-89-28-23-80-47-55(75-78-80)49-96-45-44-95-43-42-93-37-31-87-26-20-73-65(84)17-25-86-30-35-91-40-41-94-39-34-90-29-24-81-48-56(76-79-81)50-97-57-10-6-52(7-11-57)67(62-4-2-19-72-62)63-5-3-22-82(63)69(70)71/h2-7,10-11,19,22,46-48,58-61,64,83H,8-9,12-18,20-21,23-45,49-51H2,1H3,(H,73,84)(H,74,85)/b67-62+,77-54-/t58-,59+,60+,61-,64-,68-/m0/s1. The van der Waals surface area contributed by atoms with Gasteiger partial charge in [-0.1, -0.05) is 40.2 Å². The lowest BCUT2D eigenvalue weighted by molar-refractivity contribution is -0.126. The van der Waals surface area contributed by atoms with Gasteiger partial charge in [0.05, 0.1) is 188 Å². The third kappa shape index (κ3) is 24.9. The molecule has 98 heavy (non-hydrogen) atoms. The number of ether oxygens (including phenoxy) is 12. The maximum Gasteiger partial charge on any atom is 0.677 e. The normalized spacial score (nSPS) is 21.1. The Balaban J connectivity index is 0.455. The van der Waals surface area contributed by atoms with Crippen LogP contribution in [0.2, 0.25) is 0 Å². The first-order valence-corrected chi connectivity index (χ1v) is 34.5. The lowest BCUT2D eigenvalue weighted by Gasteiger charge is -2.53. The molecule has 4 aliphatic carbocycles. The molecule has 3 fully saturated rings. The fourth-order valence-corrected chi connectivity index (χ4v) is 13.3. The number of carbonyl (C=O) groups is 2. The van der Waals surface area contributed by atoms with Crippen LogP contribution in [0.3, 0.4) is 0 Å². The predicted molar refractivity (Wildman–Crippen MR) is 357 cm³/mol. The van der Waals surface area contributed by atoms with Crippen molar-refractivity contribution in [1.29, 1.82) is 0 Å². The highest BCUT2D eigenvalue weighted by Crippen LogP contribution is 2.61. The van der Waals surface area contributed by atoms with E-state index >= 15 is 0 Å². The van der Waals surface area contributed by atoms with Crippen molar-refractivity contribution in [3.8, 4) is 5.75 Å². The van der Waals surface area contributed by atoms with Crippen molar-refractivity contribution < 1.29 is 85.0 Å². The van der Waals surface area contributed by atoms with Gasteiger partial charge in [0.1, 0.15) is 23.7 Å². The van der Waals surface area contributed by atoms with Gasteiger partial charge in [-0.15, -0.1) is 10.2 Å². The van der Waals surface area contributed by atoms with Crippen molar-refractivity contribution in [1.82, 2.24) is 45.1 Å². The van der Waals surface area contributed by atoms with E-state index in [9.17, 15) is 23.3 Å². The molecule has 5 aliphatic rings. The minimum absolute atomic E-state index is 0.107. The predicted octanol–water partition coefficient (Wildman–Crippen LogP) is 5.73. The second kappa shape index (κ2) is 42.4. The van der Waals surface area contributed by atoms with E-state index < -0.39 is 7.40 Å². The van der Waals surface area contributed by atoms with Crippen LogP contribution in [-0.2, 0) is 92.8 Å². The highest BCUT2D eigenvalue weighted by molar-refractivity contribution is 6.41. The molecule has 1 aliphatic heterocycles. The highest BCUT2D eigenvalue weighted by Gasteiger charge is 2.56. The monoisotopic (exact) mass is 1370 g/mol. The molecule has 9 rings (SSSR count). The number of hydrogen-bond donors (Lipinski definition) is 3. The van der Waals surface area contributed by atoms with Gasteiger partial charge in [0.15, 0.2) is 6.61 Å². The molecule has 2 amide bonds. The zero-order valence-corrected chi connectivity index (χ0v) is 56.5. The number of aliphatic imine (C=N–C) groups is 1. The number of rotatable bonds is 50. The van der Waals surface area contributed by atoms with Crippen molar-refractivity contribution in [2.45, 2.75) is 97.1 Å². The summed E-state index contributed by atoms with van der Waals surface area (Å²) in [6.45, 7) is 12.9. The van der Waals surface area contributed by atoms with Gasteiger partial charge in [0.25, 0.3) is 5.91 Å². The third-order valence-electron chi connectivity index (χ3n) is 18.2. The Morgan fingerprint density at radius 3 is 1.82 bits per heavy atom. The largest absolute Gasteiger partial charge is 0.677 e. The molecule has 3 saturated carbocycles. The second-order valence-electron chi connectivity index (χ2n) is 24.7. The number of benzene rings is 1. The Morgan fingerprint density at radius 1 is 0.643 bits per heavy atom. The van der Waals surface area contributed by atoms with Gasteiger partial charge in [-0.25, -0.2) is 9.36 Å². The number of carbonyl (C=O) groups excluding carboxylic acids is 2. The summed E-state index contributed by atoms with van der Waals surface area (Å²) in [4.78, 5) is 34.3. The molecule has 538 valence electrons. The number of aromatic nitrogens is 7. The van der Waals surface area contributed by atoms with E-state index in [1.165, 1.54) is 31.0 Å². The second-order valence-corrected chi connectivity index (χ2v) is 24.7. The Labute approximate surface area is 572 Å². The maximum atomic E-state index is 13.7. The molecular weight excluding hydrogens is 1280 g/mol.